The van der Waals surface area contributed by atoms with Crippen molar-refractivity contribution in [2.75, 3.05) is 20.6 Å². The van der Waals surface area contributed by atoms with Gasteiger partial charge in [-0.05, 0) is 73.9 Å². The Hall–Kier alpha value is -1.50. The molecule has 0 aromatic rings. The Morgan fingerprint density at radius 1 is 1.12 bits per heavy atom. The van der Waals surface area contributed by atoms with Gasteiger partial charge < -0.3 is 38.8 Å². The molecule has 2 N–H and O–H groups in total. The maximum absolute atomic E-state index is 13.7. The van der Waals surface area contributed by atoms with E-state index in [0.717, 1.165) is 0 Å². The summed E-state index contributed by atoms with van der Waals surface area (Å²) in [6.45, 7) is 16.4. The lowest BCUT2D eigenvalue weighted by molar-refractivity contribution is -0.277. The lowest BCUT2D eigenvalue weighted by Gasteiger charge is -2.43. The predicted octanol–water partition coefficient (Wildman–Crippen LogP) is 2.86. The molecule has 236 valence electrons. The van der Waals surface area contributed by atoms with Gasteiger partial charge in [0.25, 0.3) is 0 Å². The average Bonchev–Trinajstić information content (AvgIpc) is 3.34. The van der Waals surface area contributed by atoms with Crippen molar-refractivity contribution in [2.24, 2.45) is 17.8 Å². The predicted molar refractivity (Wildman–Crippen MR) is 150 cm³/mol. The van der Waals surface area contributed by atoms with E-state index in [-0.39, 0.29) is 30.0 Å². The molecule has 0 aliphatic carbocycles. The number of aliphatic hydroxyl groups is 1. The van der Waals surface area contributed by atoms with Crippen LogP contribution in [0.2, 0.25) is 0 Å². The van der Waals surface area contributed by atoms with E-state index in [1.165, 1.54) is 0 Å². The first-order chi connectivity index (χ1) is 19.1. The minimum absolute atomic E-state index is 0.0896. The molecule has 41 heavy (non-hydrogen) atoms. The molecule has 0 saturated carbocycles. The van der Waals surface area contributed by atoms with E-state index in [4.69, 9.17) is 28.4 Å². The minimum atomic E-state index is -1.14. The summed E-state index contributed by atoms with van der Waals surface area (Å²) in [6, 6.07) is -0.361. The number of hydrogen-bond donors (Lipinski definition) is 2. The van der Waals surface area contributed by atoms with Gasteiger partial charge in [0.1, 0.15) is 12.2 Å². The standard InChI is InChI=1S/C30H52N2O9/c1-11-21-30(8)25(39-28(35)41-30)19(6)32(10)14-15(2)13-29(7)24(17(4)23(40-29)18(5)26(34)37-21)38-27-22(33)20(31-9)12-16(3)36-27/h15-25,27,31,33H,11-14H2,1-10H3/t15-,16-,17+,18-,19-,20-,21-,22-,23-,24-,25-,27+,29-,30-/m1/s1. The van der Waals surface area contributed by atoms with Gasteiger partial charge in [-0.2, -0.15) is 0 Å². The van der Waals surface area contributed by atoms with Gasteiger partial charge in [0.15, 0.2) is 18.0 Å². The first kappa shape index (κ1) is 32.4. The van der Waals surface area contributed by atoms with Crippen LogP contribution >= 0.6 is 0 Å². The summed E-state index contributed by atoms with van der Waals surface area (Å²) < 4.78 is 37.0. The maximum Gasteiger partial charge on any atom is 0.509 e. The number of cyclic esters (lactones) is 1. The monoisotopic (exact) mass is 584 g/mol. The van der Waals surface area contributed by atoms with Gasteiger partial charge in [0, 0.05) is 24.5 Å². The van der Waals surface area contributed by atoms with Gasteiger partial charge in [-0.3, -0.25) is 9.69 Å². The van der Waals surface area contributed by atoms with Crippen LogP contribution in [-0.4, -0.2) is 109 Å². The van der Waals surface area contributed by atoms with Crippen LogP contribution in [0.15, 0.2) is 0 Å². The molecule has 0 spiro atoms. The summed E-state index contributed by atoms with van der Waals surface area (Å²) in [6.07, 6.45) is -3.01. The third-order valence-electron chi connectivity index (χ3n) is 10.0. The Balaban J connectivity index is 1.67. The molecule has 4 aliphatic rings. The Morgan fingerprint density at radius 3 is 2.44 bits per heavy atom. The molecular weight excluding hydrogens is 532 g/mol. The van der Waals surface area contributed by atoms with Gasteiger partial charge >= 0.3 is 12.1 Å². The van der Waals surface area contributed by atoms with Crippen LogP contribution in [0.4, 0.5) is 4.79 Å². The molecule has 4 saturated heterocycles. The lowest BCUT2D eigenvalue weighted by atomic mass is 9.82. The highest BCUT2D eigenvalue weighted by molar-refractivity contribution is 5.73. The second-order valence-electron chi connectivity index (χ2n) is 13.4. The number of carbonyl (C=O) groups is 2. The lowest BCUT2D eigenvalue weighted by Crippen LogP contribution is -2.57. The molecule has 11 nitrogen and oxygen atoms in total. The number of esters is 1. The van der Waals surface area contributed by atoms with Crippen molar-refractivity contribution in [3.8, 4) is 0 Å². The van der Waals surface area contributed by atoms with Crippen LogP contribution in [0.5, 0.6) is 0 Å². The summed E-state index contributed by atoms with van der Waals surface area (Å²) in [5, 5.41) is 14.2. The van der Waals surface area contributed by atoms with Crippen LogP contribution < -0.4 is 5.32 Å². The molecule has 0 unspecified atom stereocenters. The van der Waals surface area contributed by atoms with Gasteiger partial charge in [-0.25, -0.2) is 4.79 Å². The van der Waals surface area contributed by atoms with Crippen molar-refractivity contribution < 1.29 is 43.1 Å². The first-order valence-corrected chi connectivity index (χ1v) is 15.3. The van der Waals surface area contributed by atoms with E-state index in [1.54, 1.807) is 6.92 Å². The Kier molecular flexibility index (Phi) is 9.68. The number of nitrogens with zero attached hydrogens (tertiary/aromatic N) is 1. The van der Waals surface area contributed by atoms with Gasteiger partial charge in [0.2, 0.25) is 0 Å². The SMILES string of the molecule is CC[C@H]1OC(=O)[C@H](C)[C@@H]2O[C@](C)(C[C@@H](C)CN(C)[C@H](C)[C@H]3OC(=O)O[C@@]31C)[C@H](O[C@@H]1O[C@H](C)C[C@@H](NC)[C@H]1O)[C@H]2C. The Labute approximate surface area is 244 Å². The molecule has 0 amide bonds. The van der Waals surface area contributed by atoms with E-state index in [1.807, 2.05) is 55.6 Å². The van der Waals surface area contributed by atoms with Crippen LogP contribution in [0.1, 0.15) is 74.7 Å². The molecule has 11 heteroatoms. The second kappa shape index (κ2) is 12.2. The summed E-state index contributed by atoms with van der Waals surface area (Å²) in [7, 11) is 3.82. The topological polar surface area (TPSA) is 125 Å². The van der Waals surface area contributed by atoms with Crippen molar-refractivity contribution in [1.29, 1.82) is 0 Å². The fourth-order valence-electron chi connectivity index (χ4n) is 7.74. The highest BCUT2D eigenvalue weighted by Crippen LogP contribution is 2.46. The van der Waals surface area contributed by atoms with Crippen LogP contribution in [0.3, 0.4) is 0 Å². The number of aliphatic hydroxyl groups excluding tert-OH is 1. The van der Waals surface area contributed by atoms with E-state index in [9.17, 15) is 14.7 Å². The van der Waals surface area contributed by atoms with Crippen molar-refractivity contribution in [3.63, 3.8) is 0 Å². The number of carbonyl (C=O) groups excluding carboxylic acids is 2. The highest BCUT2D eigenvalue weighted by Gasteiger charge is 2.59. The quantitative estimate of drug-likeness (QED) is 0.474. The van der Waals surface area contributed by atoms with Gasteiger partial charge in [-0.15, -0.1) is 0 Å². The molecule has 14 atom stereocenters. The number of hydrogen-bond acceptors (Lipinski definition) is 11. The highest BCUT2D eigenvalue weighted by atomic mass is 16.8. The number of rotatable bonds is 4. The zero-order valence-electron chi connectivity index (χ0n) is 26.4. The van der Waals surface area contributed by atoms with E-state index < -0.39 is 66.1 Å². The van der Waals surface area contributed by atoms with Crippen molar-refractivity contribution in [3.05, 3.63) is 0 Å². The Bertz CT molecular complexity index is 953. The van der Waals surface area contributed by atoms with Crippen LogP contribution in [0, 0.1) is 17.8 Å². The second-order valence-corrected chi connectivity index (χ2v) is 13.4. The normalized spacial score (nSPS) is 49.9. The molecule has 2 bridgehead atoms. The summed E-state index contributed by atoms with van der Waals surface area (Å²) >= 11 is 0. The fraction of sp³-hybridized carbons (Fsp3) is 0.933. The minimum Gasteiger partial charge on any atom is -0.458 e. The molecule has 0 aromatic heterocycles. The largest absolute Gasteiger partial charge is 0.509 e. The third kappa shape index (κ3) is 6.13. The summed E-state index contributed by atoms with van der Waals surface area (Å²) in [5.41, 5.74) is -1.90. The average molecular weight is 585 g/mol. The zero-order chi connectivity index (χ0) is 30.4. The number of nitrogens with one attached hydrogen (secondary N) is 1. The number of ether oxygens (including phenoxy) is 6. The molecule has 4 heterocycles. The van der Waals surface area contributed by atoms with E-state index in [2.05, 4.69) is 17.1 Å². The zero-order valence-corrected chi connectivity index (χ0v) is 26.4. The molecule has 4 aliphatic heterocycles. The van der Waals surface area contributed by atoms with Gasteiger partial charge in [0.05, 0.1) is 29.8 Å². The van der Waals surface area contributed by atoms with E-state index >= 15 is 0 Å². The smallest absolute Gasteiger partial charge is 0.458 e. The van der Waals surface area contributed by atoms with Crippen LogP contribution in [-0.2, 0) is 33.2 Å². The van der Waals surface area contributed by atoms with Crippen LogP contribution in [0.25, 0.3) is 0 Å². The van der Waals surface area contributed by atoms with Crippen molar-refractivity contribution in [2.45, 2.75) is 141 Å². The number of likely N-dealkylation sites (N-methyl/N-ethyl adjacent to an activating group) is 2. The molecule has 4 rings (SSSR count). The fourth-order valence-corrected chi connectivity index (χ4v) is 7.74. The van der Waals surface area contributed by atoms with E-state index in [0.29, 0.717) is 25.8 Å². The first-order valence-electron chi connectivity index (χ1n) is 15.3. The Morgan fingerprint density at radius 2 is 1.80 bits per heavy atom. The summed E-state index contributed by atoms with van der Waals surface area (Å²) in [4.78, 5) is 28.2. The van der Waals surface area contributed by atoms with Gasteiger partial charge in [-0.1, -0.05) is 20.8 Å². The van der Waals surface area contributed by atoms with Crippen molar-refractivity contribution >= 4 is 12.1 Å². The maximum atomic E-state index is 13.7. The molecule has 4 fully saturated rings. The molecule has 0 radical (unpaired) electrons. The summed E-state index contributed by atoms with van der Waals surface area (Å²) in [5.74, 6) is -1.09. The third-order valence-corrected chi connectivity index (χ3v) is 10.0. The molecular formula is C30H52N2O9. The number of fused-ring (bicyclic) bond motifs is 3. The van der Waals surface area contributed by atoms with Crippen molar-refractivity contribution in [1.82, 2.24) is 10.2 Å². The molecule has 0 aromatic carbocycles.